The minimum absolute atomic E-state index is 0.0583. The van der Waals surface area contributed by atoms with Gasteiger partial charge in [-0.2, -0.15) is 0 Å². The predicted octanol–water partition coefficient (Wildman–Crippen LogP) is 0.676. The minimum atomic E-state index is -0.208. The average molecular weight is 274 g/mol. The molecule has 106 valence electrons. The Labute approximate surface area is 118 Å². The van der Waals surface area contributed by atoms with Crippen LogP contribution in [0.2, 0.25) is 0 Å². The van der Waals surface area contributed by atoms with Crippen LogP contribution in [-0.4, -0.2) is 53.8 Å². The van der Waals surface area contributed by atoms with E-state index in [1.165, 1.54) is 0 Å². The van der Waals surface area contributed by atoms with Gasteiger partial charge in [0.1, 0.15) is 6.61 Å². The highest BCUT2D eigenvalue weighted by Crippen LogP contribution is 2.15. The van der Waals surface area contributed by atoms with Crippen molar-refractivity contribution in [1.82, 2.24) is 9.88 Å². The van der Waals surface area contributed by atoms with Crippen molar-refractivity contribution < 1.29 is 14.6 Å². The number of rotatable bonds is 2. The number of aliphatic hydroxyl groups excluding tert-OH is 1. The van der Waals surface area contributed by atoms with Gasteiger partial charge in [0, 0.05) is 44.3 Å². The third kappa shape index (κ3) is 3.56. The van der Waals surface area contributed by atoms with Gasteiger partial charge in [-0.15, -0.1) is 0 Å². The molecule has 1 saturated heterocycles. The molecule has 0 radical (unpaired) electrons. The summed E-state index contributed by atoms with van der Waals surface area (Å²) in [5, 5.41) is 8.68. The van der Waals surface area contributed by atoms with E-state index in [4.69, 9.17) is 9.84 Å². The van der Waals surface area contributed by atoms with Crippen LogP contribution < -0.4 is 0 Å². The number of carbonyl (C=O) groups is 1. The fraction of sp³-hybridized carbons (Fsp3) is 0.467. The molecule has 1 aliphatic heterocycles. The average Bonchev–Trinajstić information content (AvgIpc) is 2.52. The minimum Gasteiger partial charge on any atom is -0.384 e. The summed E-state index contributed by atoms with van der Waals surface area (Å²) in [6.07, 6.45) is 4.84. The van der Waals surface area contributed by atoms with Crippen LogP contribution in [0.4, 0.5) is 0 Å². The summed E-state index contributed by atoms with van der Waals surface area (Å²) >= 11 is 0. The Morgan fingerprint density at radius 1 is 1.50 bits per heavy atom. The van der Waals surface area contributed by atoms with E-state index in [2.05, 4.69) is 16.8 Å². The molecule has 0 atom stereocenters. The normalized spacial score (nSPS) is 15.3. The SMILES string of the molecule is CN(C(=O)c1cncc(C#CCO)c1)C1CCOCC1. The van der Waals surface area contributed by atoms with Gasteiger partial charge in [0.2, 0.25) is 0 Å². The highest BCUT2D eigenvalue weighted by atomic mass is 16.5. The van der Waals surface area contributed by atoms with E-state index in [1.54, 1.807) is 23.4 Å². The van der Waals surface area contributed by atoms with Crippen LogP contribution in [-0.2, 0) is 4.74 Å². The Balaban J connectivity index is 2.11. The summed E-state index contributed by atoms with van der Waals surface area (Å²) in [6.45, 7) is 1.19. The highest BCUT2D eigenvalue weighted by Gasteiger charge is 2.23. The number of hydrogen-bond donors (Lipinski definition) is 1. The number of carbonyl (C=O) groups excluding carboxylic acids is 1. The van der Waals surface area contributed by atoms with Gasteiger partial charge in [0.25, 0.3) is 5.91 Å². The van der Waals surface area contributed by atoms with Gasteiger partial charge in [-0.05, 0) is 18.9 Å². The molecule has 1 amide bonds. The maximum absolute atomic E-state index is 12.4. The molecule has 0 spiro atoms. The fourth-order valence-corrected chi connectivity index (χ4v) is 2.21. The van der Waals surface area contributed by atoms with Crippen molar-refractivity contribution in [2.24, 2.45) is 0 Å². The Kier molecular flexibility index (Phi) is 5.10. The van der Waals surface area contributed by atoms with Crippen LogP contribution >= 0.6 is 0 Å². The van der Waals surface area contributed by atoms with Crippen molar-refractivity contribution in [3.8, 4) is 11.8 Å². The van der Waals surface area contributed by atoms with E-state index in [0.717, 1.165) is 12.8 Å². The zero-order chi connectivity index (χ0) is 14.4. The van der Waals surface area contributed by atoms with Gasteiger partial charge in [0.05, 0.1) is 5.56 Å². The molecule has 0 saturated carbocycles. The van der Waals surface area contributed by atoms with Crippen molar-refractivity contribution in [3.05, 3.63) is 29.6 Å². The zero-order valence-corrected chi connectivity index (χ0v) is 11.5. The van der Waals surface area contributed by atoms with Crippen molar-refractivity contribution in [2.75, 3.05) is 26.9 Å². The van der Waals surface area contributed by atoms with Crippen LogP contribution in [0.5, 0.6) is 0 Å². The molecule has 5 nitrogen and oxygen atoms in total. The topological polar surface area (TPSA) is 62.7 Å². The van der Waals surface area contributed by atoms with E-state index in [0.29, 0.717) is 24.3 Å². The Hall–Kier alpha value is -1.90. The number of amides is 1. The van der Waals surface area contributed by atoms with Gasteiger partial charge in [-0.3, -0.25) is 9.78 Å². The number of aliphatic hydroxyl groups is 1. The van der Waals surface area contributed by atoms with Crippen molar-refractivity contribution in [2.45, 2.75) is 18.9 Å². The maximum Gasteiger partial charge on any atom is 0.255 e. The van der Waals surface area contributed by atoms with Crippen molar-refractivity contribution in [3.63, 3.8) is 0 Å². The van der Waals surface area contributed by atoms with E-state index in [-0.39, 0.29) is 18.6 Å². The molecule has 0 aliphatic carbocycles. The Morgan fingerprint density at radius 2 is 2.25 bits per heavy atom. The first-order chi connectivity index (χ1) is 9.72. The molecule has 1 aliphatic rings. The van der Waals surface area contributed by atoms with Crippen LogP contribution in [0.1, 0.15) is 28.8 Å². The summed E-state index contributed by atoms with van der Waals surface area (Å²) in [4.78, 5) is 18.2. The number of nitrogens with zero attached hydrogens (tertiary/aromatic N) is 2. The van der Waals surface area contributed by atoms with Crippen LogP contribution in [0, 0.1) is 11.8 Å². The largest absolute Gasteiger partial charge is 0.384 e. The first-order valence-corrected chi connectivity index (χ1v) is 6.62. The molecular formula is C15H18N2O3. The van der Waals surface area contributed by atoms with Gasteiger partial charge in [-0.25, -0.2) is 0 Å². The molecule has 1 aromatic heterocycles. The smallest absolute Gasteiger partial charge is 0.255 e. The highest BCUT2D eigenvalue weighted by molar-refractivity contribution is 5.94. The lowest BCUT2D eigenvalue weighted by molar-refractivity contribution is 0.0362. The quantitative estimate of drug-likeness (QED) is 0.805. The van der Waals surface area contributed by atoms with E-state index < -0.39 is 0 Å². The molecule has 1 aromatic rings. The third-order valence-corrected chi connectivity index (χ3v) is 3.36. The predicted molar refractivity (Wildman–Crippen MR) is 74.1 cm³/mol. The summed E-state index contributed by atoms with van der Waals surface area (Å²) in [5.74, 6) is 5.24. The van der Waals surface area contributed by atoms with E-state index >= 15 is 0 Å². The van der Waals surface area contributed by atoms with E-state index in [1.807, 2.05) is 7.05 Å². The molecule has 1 fully saturated rings. The molecule has 1 N–H and O–H groups in total. The molecule has 0 aromatic carbocycles. The maximum atomic E-state index is 12.4. The number of hydrogen-bond acceptors (Lipinski definition) is 4. The molecule has 20 heavy (non-hydrogen) atoms. The first-order valence-electron chi connectivity index (χ1n) is 6.62. The van der Waals surface area contributed by atoms with Gasteiger partial charge >= 0.3 is 0 Å². The van der Waals surface area contributed by atoms with Gasteiger partial charge in [-0.1, -0.05) is 11.8 Å². The molecule has 5 heteroatoms. The lowest BCUT2D eigenvalue weighted by Crippen LogP contribution is -2.40. The second-order valence-corrected chi connectivity index (χ2v) is 4.68. The lowest BCUT2D eigenvalue weighted by Gasteiger charge is -2.31. The fourth-order valence-electron chi connectivity index (χ4n) is 2.21. The molecule has 2 rings (SSSR count). The number of aromatic nitrogens is 1. The van der Waals surface area contributed by atoms with Crippen LogP contribution in [0.3, 0.4) is 0 Å². The molecule has 0 bridgehead atoms. The molecule has 2 heterocycles. The summed E-state index contributed by atoms with van der Waals surface area (Å²) in [6, 6.07) is 1.91. The monoisotopic (exact) mass is 274 g/mol. The lowest BCUT2D eigenvalue weighted by atomic mass is 10.1. The summed E-state index contributed by atoms with van der Waals surface area (Å²) < 4.78 is 5.31. The van der Waals surface area contributed by atoms with Gasteiger partial charge in [0.15, 0.2) is 0 Å². The Bertz CT molecular complexity index is 527. The van der Waals surface area contributed by atoms with Crippen molar-refractivity contribution >= 4 is 5.91 Å². The standard InChI is InChI=1S/C15H18N2O3/c1-17(14-4-7-20-8-5-14)15(19)13-9-12(3-2-6-18)10-16-11-13/h9-11,14,18H,4-8H2,1H3. The van der Waals surface area contributed by atoms with Gasteiger partial charge < -0.3 is 14.7 Å². The summed E-state index contributed by atoms with van der Waals surface area (Å²) in [7, 11) is 1.81. The molecular weight excluding hydrogens is 256 g/mol. The Morgan fingerprint density at radius 3 is 2.95 bits per heavy atom. The zero-order valence-electron chi connectivity index (χ0n) is 11.5. The second kappa shape index (κ2) is 7.04. The number of pyridine rings is 1. The van der Waals surface area contributed by atoms with Crippen LogP contribution in [0.15, 0.2) is 18.5 Å². The number of ether oxygens (including phenoxy) is 1. The van der Waals surface area contributed by atoms with Crippen molar-refractivity contribution in [1.29, 1.82) is 0 Å². The summed E-state index contributed by atoms with van der Waals surface area (Å²) in [5.41, 5.74) is 1.15. The first kappa shape index (κ1) is 14.5. The van der Waals surface area contributed by atoms with E-state index in [9.17, 15) is 4.79 Å². The second-order valence-electron chi connectivity index (χ2n) is 4.68. The third-order valence-electron chi connectivity index (χ3n) is 3.36. The van der Waals surface area contributed by atoms with Crippen LogP contribution in [0.25, 0.3) is 0 Å². The molecule has 0 unspecified atom stereocenters.